The number of methoxy groups -OCH3 is 1. The molecular formula is C26H23NO2. The van der Waals surface area contributed by atoms with E-state index in [1.165, 1.54) is 12.7 Å². The molecule has 3 nitrogen and oxygen atoms in total. The number of esters is 1. The van der Waals surface area contributed by atoms with Gasteiger partial charge in [0.1, 0.15) is 0 Å². The molecule has 0 radical (unpaired) electrons. The van der Waals surface area contributed by atoms with Gasteiger partial charge >= 0.3 is 5.97 Å². The van der Waals surface area contributed by atoms with Gasteiger partial charge in [-0.05, 0) is 41.8 Å². The standard InChI is InChI=1S/C26H23NO2/c1-18-13-15-20(16-14-18)24-17-21-9-7-8-12-23(21)25(19(2)26(28)29-3)27(24)22-10-5-4-6-11-22/h4-17,25H,2H2,1,3H3. The molecule has 1 atom stereocenters. The Morgan fingerprint density at radius 1 is 0.931 bits per heavy atom. The average molecular weight is 381 g/mol. The predicted molar refractivity (Wildman–Crippen MR) is 118 cm³/mol. The van der Waals surface area contributed by atoms with Crippen LogP contribution in [0.5, 0.6) is 0 Å². The first-order valence-corrected chi connectivity index (χ1v) is 9.59. The fraction of sp³-hybridized carbons (Fsp3) is 0.115. The van der Waals surface area contributed by atoms with Gasteiger partial charge in [-0.25, -0.2) is 4.79 Å². The van der Waals surface area contributed by atoms with Crippen molar-refractivity contribution >= 4 is 23.4 Å². The Labute approximate surface area is 171 Å². The zero-order valence-corrected chi connectivity index (χ0v) is 16.6. The van der Waals surface area contributed by atoms with Crippen LogP contribution in [0.2, 0.25) is 0 Å². The second-order valence-electron chi connectivity index (χ2n) is 7.15. The van der Waals surface area contributed by atoms with Crippen LogP contribution >= 0.6 is 0 Å². The van der Waals surface area contributed by atoms with Crippen molar-refractivity contribution in [2.75, 3.05) is 12.0 Å². The lowest BCUT2D eigenvalue weighted by Gasteiger charge is -2.40. The number of carbonyl (C=O) groups is 1. The summed E-state index contributed by atoms with van der Waals surface area (Å²) in [5.74, 6) is -0.407. The molecule has 0 fully saturated rings. The van der Waals surface area contributed by atoms with Gasteiger partial charge in [0.25, 0.3) is 0 Å². The third kappa shape index (κ3) is 3.47. The highest BCUT2D eigenvalue weighted by molar-refractivity contribution is 5.98. The number of carbonyl (C=O) groups excluding carboxylic acids is 1. The number of hydrogen-bond acceptors (Lipinski definition) is 3. The van der Waals surface area contributed by atoms with Gasteiger partial charge in [0.15, 0.2) is 0 Å². The maximum absolute atomic E-state index is 12.5. The first-order valence-electron chi connectivity index (χ1n) is 9.59. The minimum atomic E-state index is -0.407. The molecule has 1 aliphatic heterocycles. The van der Waals surface area contributed by atoms with E-state index in [1.807, 2.05) is 48.5 Å². The van der Waals surface area contributed by atoms with Crippen molar-refractivity contribution in [3.63, 3.8) is 0 Å². The molecule has 0 aromatic heterocycles. The molecule has 4 rings (SSSR count). The third-order valence-electron chi connectivity index (χ3n) is 5.26. The lowest BCUT2D eigenvalue weighted by Crippen LogP contribution is -2.33. The summed E-state index contributed by atoms with van der Waals surface area (Å²) in [5.41, 5.74) is 6.80. The lowest BCUT2D eigenvalue weighted by atomic mass is 9.87. The Hall–Kier alpha value is -3.59. The Morgan fingerprint density at radius 2 is 1.59 bits per heavy atom. The van der Waals surface area contributed by atoms with Crippen molar-refractivity contribution in [1.82, 2.24) is 0 Å². The first kappa shape index (κ1) is 18.8. The van der Waals surface area contributed by atoms with E-state index in [0.29, 0.717) is 5.57 Å². The Morgan fingerprint density at radius 3 is 2.28 bits per heavy atom. The largest absolute Gasteiger partial charge is 0.466 e. The van der Waals surface area contributed by atoms with Gasteiger partial charge in [0.2, 0.25) is 0 Å². The summed E-state index contributed by atoms with van der Waals surface area (Å²) in [6, 6.07) is 26.3. The number of anilines is 1. The Balaban J connectivity index is 1.97. The predicted octanol–water partition coefficient (Wildman–Crippen LogP) is 5.78. The molecule has 29 heavy (non-hydrogen) atoms. The van der Waals surface area contributed by atoms with E-state index in [-0.39, 0.29) is 6.04 Å². The molecule has 1 aliphatic rings. The van der Waals surface area contributed by atoms with E-state index in [2.05, 4.69) is 54.8 Å². The van der Waals surface area contributed by atoms with E-state index < -0.39 is 5.97 Å². The molecule has 0 bridgehead atoms. The fourth-order valence-electron chi connectivity index (χ4n) is 3.80. The normalized spacial score (nSPS) is 15.3. The van der Waals surface area contributed by atoms with Crippen LogP contribution in [0.3, 0.4) is 0 Å². The zero-order chi connectivity index (χ0) is 20.4. The summed E-state index contributed by atoms with van der Waals surface area (Å²) in [6.07, 6.45) is 2.17. The SMILES string of the molecule is C=C(C(=O)OC)C1c2ccccc2C=C(c2ccc(C)cc2)N1c1ccccc1. The van der Waals surface area contributed by atoms with Crippen molar-refractivity contribution in [2.24, 2.45) is 0 Å². The second kappa shape index (κ2) is 7.80. The van der Waals surface area contributed by atoms with Crippen molar-refractivity contribution < 1.29 is 9.53 Å². The summed E-state index contributed by atoms with van der Waals surface area (Å²) < 4.78 is 5.04. The highest BCUT2D eigenvalue weighted by Gasteiger charge is 2.35. The van der Waals surface area contributed by atoms with Crippen LogP contribution in [0, 0.1) is 6.92 Å². The summed E-state index contributed by atoms with van der Waals surface area (Å²) in [4.78, 5) is 14.7. The summed E-state index contributed by atoms with van der Waals surface area (Å²) in [5, 5.41) is 0. The van der Waals surface area contributed by atoms with E-state index >= 15 is 0 Å². The van der Waals surface area contributed by atoms with Gasteiger partial charge in [0.05, 0.1) is 18.7 Å². The van der Waals surface area contributed by atoms with Gasteiger partial charge in [-0.2, -0.15) is 0 Å². The summed E-state index contributed by atoms with van der Waals surface area (Å²) in [7, 11) is 1.39. The molecule has 0 spiro atoms. The van der Waals surface area contributed by atoms with Gasteiger partial charge in [-0.15, -0.1) is 0 Å². The van der Waals surface area contributed by atoms with Gasteiger partial charge in [-0.1, -0.05) is 78.9 Å². The molecule has 3 heteroatoms. The van der Waals surface area contributed by atoms with E-state index in [0.717, 1.165) is 28.1 Å². The Kier molecular flexibility index (Phi) is 5.05. The molecule has 0 saturated carbocycles. The highest BCUT2D eigenvalue weighted by Crippen LogP contribution is 2.44. The van der Waals surface area contributed by atoms with Crippen molar-refractivity contribution in [3.05, 3.63) is 113 Å². The number of nitrogens with zero attached hydrogens (tertiary/aromatic N) is 1. The number of hydrogen-bond donors (Lipinski definition) is 0. The quantitative estimate of drug-likeness (QED) is 0.423. The van der Waals surface area contributed by atoms with E-state index in [4.69, 9.17) is 4.74 Å². The van der Waals surface area contributed by atoms with Crippen LogP contribution < -0.4 is 4.90 Å². The molecule has 144 valence electrons. The van der Waals surface area contributed by atoms with Crippen LogP contribution in [0.25, 0.3) is 11.8 Å². The second-order valence-corrected chi connectivity index (χ2v) is 7.15. The van der Waals surface area contributed by atoms with Crippen LogP contribution in [0.4, 0.5) is 5.69 Å². The molecule has 3 aromatic carbocycles. The van der Waals surface area contributed by atoms with E-state index in [9.17, 15) is 4.79 Å². The van der Waals surface area contributed by atoms with Gasteiger partial charge < -0.3 is 9.64 Å². The minimum Gasteiger partial charge on any atom is -0.466 e. The van der Waals surface area contributed by atoms with Crippen LogP contribution in [-0.2, 0) is 9.53 Å². The maximum atomic E-state index is 12.5. The number of para-hydroxylation sites is 1. The van der Waals surface area contributed by atoms with Crippen LogP contribution in [-0.4, -0.2) is 13.1 Å². The molecular weight excluding hydrogens is 358 g/mol. The lowest BCUT2D eigenvalue weighted by molar-refractivity contribution is -0.136. The number of benzene rings is 3. The highest BCUT2D eigenvalue weighted by atomic mass is 16.5. The first-order chi connectivity index (χ1) is 14.1. The fourth-order valence-corrected chi connectivity index (χ4v) is 3.80. The topological polar surface area (TPSA) is 29.5 Å². The smallest absolute Gasteiger partial charge is 0.335 e. The zero-order valence-electron chi connectivity index (χ0n) is 16.6. The van der Waals surface area contributed by atoms with Crippen molar-refractivity contribution in [3.8, 4) is 0 Å². The molecule has 1 heterocycles. The number of fused-ring (bicyclic) bond motifs is 1. The monoisotopic (exact) mass is 381 g/mol. The third-order valence-corrected chi connectivity index (χ3v) is 5.26. The summed E-state index contributed by atoms with van der Waals surface area (Å²) >= 11 is 0. The average Bonchev–Trinajstić information content (AvgIpc) is 2.78. The molecule has 1 unspecified atom stereocenters. The van der Waals surface area contributed by atoms with Crippen LogP contribution in [0.15, 0.2) is 91.0 Å². The van der Waals surface area contributed by atoms with Gasteiger partial charge in [-0.3, -0.25) is 0 Å². The molecule has 0 saturated heterocycles. The molecule has 0 N–H and O–H groups in total. The van der Waals surface area contributed by atoms with Crippen molar-refractivity contribution in [1.29, 1.82) is 0 Å². The summed E-state index contributed by atoms with van der Waals surface area (Å²) in [6.45, 7) is 6.20. The van der Waals surface area contributed by atoms with E-state index in [1.54, 1.807) is 0 Å². The van der Waals surface area contributed by atoms with Crippen molar-refractivity contribution in [2.45, 2.75) is 13.0 Å². The van der Waals surface area contributed by atoms with Crippen LogP contribution in [0.1, 0.15) is 28.3 Å². The maximum Gasteiger partial charge on any atom is 0.335 e. The Bertz CT molecular complexity index is 1080. The number of rotatable bonds is 4. The number of aryl methyl sites for hydroxylation is 1. The molecule has 0 aliphatic carbocycles. The molecule has 0 amide bonds. The molecule has 3 aromatic rings. The minimum absolute atomic E-state index is 0.359. The van der Waals surface area contributed by atoms with Gasteiger partial charge in [0, 0.05) is 11.4 Å². The number of ether oxygens (including phenoxy) is 1.